The number of aromatic nitrogens is 1. The van der Waals surface area contributed by atoms with Crippen LogP contribution in [0.25, 0.3) is 0 Å². The number of hydrogen-bond donors (Lipinski definition) is 0. The molecule has 0 bridgehead atoms. The summed E-state index contributed by atoms with van der Waals surface area (Å²) >= 11 is 0. The first kappa shape index (κ1) is 9.59. The molecule has 1 aliphatic carbocycles. The zero-order valence-corrected chi connectivity index (χ0v) is 9.48. The van der Waals surface area contributed by atoms with Gasteiger partial charge < -0.3 is 0 Å². The van der Waals surface area contributed by atoms with E-state index in [0.717, 1.165) is 12.8 Å². The predicted molar refractivity (Wildman–Crippen MR) is 65.6 cm³/mol. The molecule has 1 heterocycles. The van der Waals surface area contributed by atoms with Gasteiger partial charge in [0.25, 0.3) is 0 Å². The van der Waals surface area contributed by atoms with E-state index in [-0.39, 0.29) is 0 Å². The third-order valence-corrected chi connectivity index (χ3v) is 3.52. The molecule has 0 fully saturated rings. The van der Waals surface area contributed by atoms with Crippen LogP contribution in [0.2, 0.25) is 0 Å². The molecule has 2 aromatic rings. The van der Waals surface area contributed by atoms with Gasteiger partial charge in [-0.2, -0.15) is 0 Å². The van der Waals surface area contributed by atoms with Gasteiger partial charge in [0.15, 0.2) is 0 Å². The highest BCUT2D eigenvalue weighted by Crippen LogP contribution is 2.31. The van der Waals surface area contributed by atoms with Gasteiger partial charge in [0, 0.05) is 12.1 Å². The van der Waals surface area contributed by atoms with Crippen LogP contribution in [-0.2, 0) is 12.8 Å². The van der Waals surface area contributed by atoms with Gasteiger partial charge in [0.1, 0.15) is 0 Å². The minimum atomic E-state index is 0.426. The molecule has 3 rings (SSSR count). The Balaban J connectivity index is 2.18. The standard InChI is InChI=1S/C15H15N/c1-11-14-7-3-2-5-12(14)8-9-13-6-4-10-16-15(11)13/h2-7,10-11H,8-9H2,1H3/t11-/m0/s1. The predicted octanol–water partition coefficient (Wildman–Crippen LogP) is 3.33. The SMILES string of the molecule is C[C@H]1c2ccccc2CCc2cccnc21. The normalized spacial score (nSPS) is 18.4. The van der Waals surface area contributed by atoms with Crippen molar-refractivity contribution in [1.82, 2.24) is 4.98 Å². The Morgan fingerprint density at radius 3 is 2.69 bits per heavy atom. The molecule has 1 aliphatic rings. The highest BCUT2D eigenvalue weighted by Gasteiger charge is 2.20. The van der Waals surface area contributed by atoms with Gasteiger partial charge in [0.2, 0.25) is 0 Å². The summed E-state index contributed by atoms with van der Waals surface area (Å²) in [5, 5.41) is 0. The van der Waals surface area contributed by atoms with Crippen molar-refractivity contribution in [2.75, 3.05) is 0 Å². The minimum absolute atomic E-state index is 0.426. The summed E-state index contributed by atoms with van der Waals surface area (Å²) in [6.45, 7) is 2.26. The van der Waals surface area contributed by atoms with Crippen molar-refractivity contribution in [3.63, 3.8) is 0 Å². The third-order valence-electron chi connectivity index (χ3n) is 3.52. The van der Waals surface area contributed by atoms with Crippen LogP contribution in [0.3, 0.4) is 0 Å². The van der Waals surface area contributed by atoms with E-state index >= 15 is 0 Å². The average Bonchev–Trinajstić information content (AvgIpc) is 2.49. The molecule has 1 heteroatoms. The lowest BCUT2D eigenvalue weighted by atomic mass is 9.93. The molecule has 0 amide bonds. The van der Waals surface area contributed by atoms with E-state index in [2.05, 4.69) is 42.2 Å². The van der Waals surface area contributed by atoms with E-state index in [1.165, 1.54) is 22.4 Å². The molecule has 0 saturated carbocycles. The van der Waals surface area contributed by atoms with E-state index in [9.17, 15) is 0 Å². The Bertz CT molecular complexity index is 469. The number of benzene rings is 1. The first-order valence-corrected chi connectivity index (χ1v) is 5.88. The van der Waals surface area contributed by atoms with Crippen molar-refractivity contribution in [2.24, 2.45) is 0 Å². The van der Waals surface area contributed by atoms with E-state index in [1.807, 2.05) is 12.3 Å². The number of hydrogen-bond acceptors (Lipinski definition) is 1. The zero-order chi connectivity index (χ0) is 11.0. The lowest BCUT2D eigenvalue weighted by Gasteiger charge is -2.13. The Kier molecular flexibility index (Phi) is 2.24. The van der Waals surface area contributed by atoms with Gasteiger partial charge in [0.05, 0.1) is 5.69 Å². The van der Waals surface area contributed by atoms with Crippen molar-refractivity contribution < 1.29 is 0 Å². The minimum Gasteiger partial charge on any atom is -0.260 e. The molecule has 0 radical (unpaired) electrons. The van der Waals surface area contributed by atoms with Crippen LogP contribution in [0.5, 0.6) is 0 Å². The van der Waals surface area contributed by atoms with Crippen LogP contribution in [0.1, 0.15) is 35.2 Å². The molecule has 16 heavy (non-hydrogen) atoms. The summed E-state index contributed by atoms with van der Waals surface area (Å²) in [4.78, 5) is 4.56. The Hall–Kier alpha value is -1.63. The first-order chi connectivity index (χ1) is 7.86. The number of nitrogens with zero attached hydrogens (tertiary/aromatic N) is 1. The van der Waals surface area contributed by atoms with Gasteiger partial charge in [-0.05, 0) is 35.6 Å². The fourth-order valence-electron chi connectivity index (χ4n) is 2.65. The Morgan fingerprint density at radius 2 is 1.75 bits per heavy atom. The topological polar surface area (TPSA) is 12.9 Å². The molecule has 0 unspecified atom stereocenters. The number of fused-ring (bicyclic) bond motifs is 2. The summed E-state index contributed by atoms with van der Waals surface area (Å²) in [5.41, 5.74) is 5.59. The van der Waals surface area contributed by atoms with Crippen molar-refractivity contribution >= 4 is 0 Å². The zero-order valence-electron chi connectivity index (χ0n) is 9.48. The number of aryl methyl sites for hydroxylation is 2. The maximum Gasteiger partial charge on any atom is 0.0507 e. The second kappa shape index (κ2) is 3.75. The number of rotatable bonds is 0. The van der Waals surface area contributed by atoms with Gasteiger partial charge >= 0.3 is 0 Å². The summed E-state index contributed by atoms with van der Waals surface area (Å²) in [7, 11) is 0. The molecule has 1 aromatic carbocycles. The van der Waals surface area contributed by atoms with Crippen LogP contribution in [-0.4, -0.2) is 4.98 Å². The van der Waals surface area contributed by atoms with Crippen LogP contribution >= 0.6 is 0 Å². The summed E-state index contributed by atoms with van der Waals surface area (Å²) < 4.78 is 0. The van der Waals surface area contributed by atoms with Gasteiger partial charge in [-0.3, -0.25) is 4.98 Å². The highest BCUT2D eigenvalue weighted by molar-refractivity contribution is 5.41. The maximum absolute atomic E-state index is 4.56. The average molecular weight is 209 g/mol. The largest absolute Gasteiger partial charge is 0.260 e. The monoisotopic (exact) mass is 209 g/mol. The van der Waals surface area contributed by atoms with Crippen LogP contribution < -0.4 is 0 Å². The highest BCUT2D eigenvalue weighted by atomic mass is 14.7. The van der Waals surface area contributed by atoms with Gasteiger partial charge in [-0.25, -0.2) is 0 Å². The molecular weight excluding hydrogens is 194 g/mol. The third kappa shape index (κ3) is 1.44. The molecule has 1 aromatic heterocycles. The number of pyridine rings is 1. The lowest BCUT2D eigenvalue weighted by Crippen LogP contribution is -2.01. The maximum atomic E-state index is 4.56. The Morgan fingerprint density at radius 1 is 1.00 bits per heavy atom. The molecular formula is C15H15N. The molecule has 0 N–H and O–H groups in total. The second-order valence-corrected chi connectivity index (χ2v) is 4.47. The molecule has 0 aliphatic heterocycles. The van der Waals surface area contributed by atoms with Crippen molar-refractivity contribution in [2.45, 2.75) is 25.7 Å². The smallest absolute Gasteiger partial charge is 0.0507 e. The van der Waals surface area contributed by atoms with Crippen molar-refractivity contribution in [1.29, 1.82) is 0 Å². The molecule has 0 saturated heterocycles. The van der Waals surface area contributed by atoms with Crippen LogP contribution in [0.4, 0.5) is 0 Å². The molecule has 0 spiro atoms. The molecule has 80 valence electrons. The fraction of sp³-hybridized carbons (Fsp3) is 0.267. The summed E-state index contributed by atoms with van der Waals surface area (Å²) in [6.07, 6.45) is 4.16. The van der Waals surface area contributed by atoms with Crippen molar-refractivity contribution in [3.8, 4) is 0 Å². The first-order valence-electron chi connectivity index (χ1n) is 5.88. The van der Waals surface area contributed by atoms with E-state index < -0.39 is 0 Å². The molecule has 1 atom stereocenters. The second-order valence-electron chi connectivity index (χ2n) is 4.47. The van der Waals surface area contributed by atoms with Gasteiger partial charge in [-0.15, -0.1) is 0 Å². The van der Waals surface area contributed by atoms with Crippen molar-refractivity contribution in [3.05, 3.63) is 65.0 Å². The summed E-state index contributed by atoms with van der Waals surface area (Å²) in [5.74, 6) is 0.426. The van der Waals surface area contributed by atoms with E-state index in [0.29, 0.717) is 5.92 Å². The fourth-order valence-corrected chi connectivity index (χ4v) is 2.65. The Labute approximate surface area is 96.2 Å². The molecule has 1 nitrogen and oxygen atoms in total. The van der Waals surface area contributed by atoms with Crippen LogP contribution in [0, 0.1) is 0 Å². The van der Waals surface area contributed by atoms with Crippen LogP contribution in [0.15, 0.2) is 42.6 Å². The summed E-state index contributed by atoms with van der Waals surface area (Å²) in [6, 6.07) is 13.0. The quantitative estimate of drug-likeness (QED) is 0.648. The lowest BCUT2D eigenvalue weighted by molar-refractivity contribution is 0.860. The van der Waals surface area contributed by atoms with Gasteiger partial charge in [-0.1, -0.05) is 37.3 Å². The van der Waals surface area contributed by atoms with E-state index in [1.54, 1.807) is 0 Å². The van der Waals surface area contributed by atoms with E-state index in [4.69, 9.17) is 0 Å².